The standard InChI is InChI=1S/C33H33N7O5/c1-37-30-23(19-38-10-3-4-11-38)15-22(17-28(30)45-33(37)43)31(41)27-18-29(35-20-34-27)39-12-8-24(9-13-39)40-14-7-21-16-25(44-2)5-6-26(21)36-32(40)42/h3-6,10-11,15-18,20,24H,7-9,12-14,19H2,1-2H3,(H,36,42). The van der Waals surface area contributed by atoms with Gasteiger partial charge in [0.2, 0.25) is 5.78 Å². The average Bonchev–Trinajstić information content (AvgIpc) is 3.63. The summed E-state index contributed by atoms with van der Waals surface area (Å²) in [7, 11) is 3.30. The molecule has 7 rings (SSSR count). The third-order valence-electron chi connectivity index (χ3n) is 8.79. The highest BCUT2D eigenvalue weighted by molar-refractivity contribution is 6.09. The summed E-state index contributed by atoms with van der Waals surface area (Å²) in [4.78, 5) is 52.0. The van der Waals surface area contributed by atoms with Gasteiger partial charge < -0.3 is 28.8 Å². The molecule has 1 saturated heterocycles. The van der Waals surface area contributed by atoms with Crippen LogP contribution >= 0.6 is 0 Å². The van der Waals surface area contributed by atoms with Crippen LogP contribution in [0.1, 0.15) is 40.0 Å². The number of methoxy groups -OCH3 is 1. The number of ketones is 1. The number of oxazole rings is 1. The second-order valence-corrected chi connectivity index (χ2v) is 11.5. The number of aryl methyl sites for hydroxylation is 1. The van der Waals surface area contributed by atoms with Crippen molar-refractivity contribution < 1.29 is 18.7 Å². The zero-order valence-corrected chi connectivity index (χ0v) is 25.1. The van der Waals surface area contributed by atoms with E-state index in [0.29, 0.717) is 48.7 Å². The van der Waals surface area contributed by atoms with E-state index < -0.39 is 5.76 Å². The number of amides is 2. The van der Waals surface area contributed by atoms with E-state index in [-0.39, 0.29) is 23.6 Å². The van der Waals surface area contributed by atoms with Crippen molar-refractivity contribution in [2.75, 3.05) is 37.0 Å². The van der Waals surface area contributed by atoms with Gasteiger partial charge in [-0.25, -0.2) is 19.6 Å². The number of aromatic nitrogens is 4. The number of carbonyl (C=O) groups is 2. The number of benzene rings is 2. The van der Waals surface area contributed by atoms with Crippen LogP contribution in [0.2, 0.25) is 0 Å². The molecule has 0 aliphatic carbocycles. The van der Waals surface area contributed by atoms with Crippen molar-refractivity contribution in [2.24, 2.45) is 7.05 Å². The number of fused-ring (bicyclic) bond motifs is 2. The summed E-state index contributed by atoms with van der Waals surface area (Å²) in [6.45, 7) is 2.46. The van der Waals surface area contributed by atoms with Crippen molar-refractivity contribution in [3.8, 4) is 5.75 Å². The van der Waals surface area contributed by atoms with Crippen molar-refractivity contribution in [1.82, 2.24) is 24.0 Å². The van der Waals surface area contributed by atoms with E-state index in [2.05, 4.69) is 20.2 Å². The summed E-state index contributed by atoms with van der Waals surface area (Å²) in [5, 5.41) is 3.06. The third kappa shape index (κ3) is 5.43. The molecule has 2 aliphatic heterocycles. The lowest BCUT2D eigenvalue weighted by Crippen LogP contribution is -2.49. The molecule has 45 heavy (non-hydrogen) atoms. The fourth-order valence-electron chi connectivity index (χ4n) is 6.40. The molecule has 2 aromatic carbocycles. The van der Waals surface area contributed by atoms with Crippen LogP contribution in [0.15, 0.2) is 76.5 Å². The Hall–Kier alpha value is -5.39. The topological polar surface area (TPSA) is 128 Å². The molecule has 5 heterocycles. The molecule has 0 bridgehead atoms. The molecule has 2 amide bonds. The van der Waals surface area contributed by atoms with E-state index in [9.17, 15) is 14.4 Å². The first-order chi connectivity index (χ1) is 21.9. The van der Waals surface area contributed by atoms with E-state index >= 15 is 0 Å². The SMILES string of the molecule is COc1ccc2c(c1)CCN(C1CCN(c3cc(C(=O)c4cc(Cn5cccc5)c5c(c4)oc(=O)n5C)ncn3)CC1)C(=O)N2. The Morgan fingerprint density at radius 2 is 1.84 bits per heavy atom. The lowest BCUT2D eigenvalue weighted by molar-refractivity contribution is 0.103. The second-order valence-electron chi connectivity index (χ2n) is 11.5. The summed E-state index contributed by atoms with van der Waals surface area (Å²) < 4.78 is 14.3. The van der Waals surface area contributed by atoms with Crippen LogP contribution in [0.4, 0.5) is 16.3 Å². The maximum Gasteiger partial charge on any atom is 0.419 e. The molecular formula is C33H33N7O5. The molecular weight excluding hydrogens is 574 g/mol. The van der Waals surface area contributed by atoms with Gasteiger partial charge in [-0.2, -0.15) is 0 Å². The molecule has 1 fully saturated rings. The van der Waals surface area contributed by atoms with Gasteiger partial charge in [0, 0.05) is 74.5 Å². The minimum absolute atomic E-state index is 0.0883. The largest absolute Gasteiger partial charge is 0.497 e. The number of urea groups is 1. The zero-order valence-electron chi connectivity index (χ0n) is 25.1. The molecule has 0 atom stereocenters. The van der Waals surface area contributed by atoms with Crippen LogP contribution in [-0.2, 0) is 20.0 Å². The first-order valence-electron chi connectivity index (χ1n) is 15.0. The van der Waals surface area contributed by atoms with Gasteiger partial charge in [-0.15, -0.1) is 0 Å². The second kappa shape index (κ2) is 11.6. The fourth-order valence-corrected chi connectivity index (χ4v) is 6.40. The van der Waals surface area contributed by atoms with Crippen LogP contribution in [-0.4, -0.2) is 68.6 Å². The van der Waals surface area contributed by atoms with Crippen molar-refractivity contribution in [1.29, 1.82) is 0 Å². The van der Waals surface area contributed by atoms with E-state index in [1.807, 2.05) is 52.2 Å². The van der Waals surface area contributed by atoms with Crippen LogP contribution in [0.5, 0.6) is 5.75 Å². The van der Waals surface area contributed by atoms with Crippen LogP contribution in [0.3, 0.4) is 0 Å². The molecule has 0 unspecified atom stereocenters. The number of ether oxygens (including phenoxy) is 1. The molecule has 5 aromatic rings. The number of nitrogens with zero attached hydrogens (tertiary/aromatic N) is 6. The Morgan fingerprint density at radius 3 is 2.62 bits per heavy atom. The van der Waals surface area contributed by atoms with Crippen LogP contribution in [0, 0.1) is 0 Å². The zero-order chi connectivity index (χ0) is 31.1. The maximum atomic E-state index is 13.7. The fraction of sp³-hybridized carbons (Fsp3) is 0.303. The van der Waals surface area contributed by atoms with Crippen LogP contribution < -0.4 is 20.7 Å². The van der Waals surface area contributed by atoms with Crippen molar-refractivity contribution in [3.05, 3.63) is 100 Å². The number of carbonyl (C=O) groups excluding carboxylic acids is 2. The summed E-state index contributed by atoms with van der Waals surface area (Å²) >= 11 is 0. The maximum absolute atomic E-state index is 13.7. The highest BCUT2D eigenvalue weighted by Gasteiger charge is 2.31. The molecule has 0 saturated carbocycles. The van der Waals surface area contributed by atoms with E-state index in [1.165, 1.54) is 10.9 Å². The normalized spacial score (nSPS) is 15.6. The molecule has 3 aromatic heterocycles. The third-order valence-corrected chi connectivity index (χ3v) is 8.79. The number of anilines is 2. The predicted octanol–water partition coefficient (Wildman–Crippen LogP) is 4.07. The lowest BCUT2D eigenvalue weighted by Gasteiger charge is -2.38. The summed E-state index contributed by atoms with van der Waals surface area (Å²) in [6.07, 6.45) is 7.54. The van der Waals surface area contributed by atoms with Gasteiger partial charge in [0.25, 0.3) is 0 Å². The van der Waals surface area contributed by atoms with Gasteiger partial charge in [0.05, 0.1) is 12.6 Å². The average molecular weight is 608 g/mol. The lowest BCUT2D eigenvalue weighted by atomic mass is 10.0. The molecule has 0 radical (unpaired) electrons. The van der Waals surface area contributed by atoms with Gasteiger partial charge in [-0.3, -0.25) is 9.36 Å². The Balaban J connectivity index is 1.07. The molecule has 12 nitrogen and oxygen atoms in total. The number of hydrogen-bond acceptors (Lipinski definition) is 8. The number of hydrogen-bond donors (Lipinski definition) is 1. The Kier molecular flexibility index (Phi) is 7.32. The van der Waals surface area contributed by atoms with Gasteiger partial charge in [0.15, 0.2) is 5.58 Å². The summed E-state index contributed by atoms with van der Waals surface area (Å²) in [6, 6.07) is 14.7. The minimum Gasteiger partial charge on any atom is -0.497 e. The first-order valence-corrected chi connectivity index (χ1v) is 15.0. The quantitative estimate of drug-likeness (QED) is 0.275. The van der Waals surface area contributed by atoms with Gasteiger partial charge in [0.1, 0.15) is 23.6 Å². The Bertz CT molecular complexity index is 1950. The Morgan fingerprint density at radius 1 is 1.04 bits per heavy atom. The highest BCUT2D eigenvalue weighted by Crippen LogP contribution is 2.29. The van der Waals surface area contributed by atoms with Gasteiger partial charge in [-0.05, 0) is 67.3 Å². The minimum atomic E-state index is -0.487. The number of nitrogens with one attached hydrogen (secondary N) is 1. The van der Waals surface area contributed by atoms with E-state index in [1.54, 1.807) is 32.4 Å². The van der Waals surface area contributed by atoms with Crippen molar-refractivity contribution >= 4 is 34.4 Å². The predicted molar refractivity (Wildman–Crippen MR) is 168 cm³/mol. The van der Waals surface area contributed by atoms with Crippen LogP contribution in [0.25, 0.3) is 11.1 Å². The molecule has 2 aliphatic rings. The van der Waals surface area contributed by atoms with Gasteiger partial charge in [-0.1, -0.05) is 0 Å². The van der Waals surface area contributed by atoms with E-state index in [4.69, 9.17) is 9.15 Å². The Labute approximate surface area is 258 Å². The molecule has 230 valence electrons. The molecule has 1 N–H and O–H groups in total. The van der Waals surface area contributed by atoms with Gasteiger partial charge >= 0.3 is 11.8 Å². The number of piperidine rings is 1. The molecule has 0 spiro atoms. The first kappa shape index (κ1) is 28.4. The van der Waals surface area contributed by atoms with Crippen molar-refractivity contribution in [3.63, 3.8) is 0 Å². The number of rotatable bonds is 7. The smallest absolute Gasteiger partial charge is 0.419 e. The summed E-state index contributed by atoms with van der Waals surface area (Å²) in [5.74, 6) is 0.662. The summed E-state index contributed by atoms with van der Waals surface area (Å²) in [5.41, 5.74) is 4.32. The van der Waals surface area contributed by atoms with Crippen molar-refractivity contribution in [2.45, 2.75) is 31.8 Å². The van der Waals surface area contributed by atoms with E-state index in [0.717, 1.165) is 41.8 Å². The highest BCUT2D eigenvalue weighted by atomic mass is 16.5. The monoisotopic (exact) mass is 607 g/mol. The molecule has 12 heteroatoms.